The van der Waals surface area contributed by atoms with Gasteiger partial charge >= 0.3 is 0 Å². The maximum absolute atomic E-state index is 6.07. The van der Waals surface area contributed by atoms with Crippen LogP contribution in [0.25, 0.3) is 17.2 Å². The SMILES string of the molecule is Cc1c(-c2ncco2)nc(N)n2nc(Cn3cc(CC[C-](C)C)cn3)nc12.[Mo]. The van der Waals surface area contributed by atoms with Crippen LogP contribution >= 0.6 is 0 Å². The second-order valence-electron chi connectivity index (χ2n) is 6.80. The van der Waals surface area contributed by atoms with Gasteiger partial charge in [0.25, 0.3) is 0 Å². The van der Waals surface area contributed by atoms with Crippen molar-refractivity contribution in [1.82, 2.24) is 34.3 Å². The first-order valence-electron chi connectivity index (χ1n) is 8.73. The van der Waals surface area contributed by atoms with Crippen LogP contribution in [0.15, 0.2) is 29.3 Å². The molecule has 4 aromatic rings. The second kappa shape index (κ2) is 8.22. The van der Waals surface area contributed by atoms with E-state index in [2.05, 4.69) is 39.0 Å². The third-order valence-electron chi connectivity index (χ3n) is 4.32. The van der Waals surface area contributed by atoms with Crippen LogP contribution in [0.2, 0.25) is 0 Å². The molecular formula is C18H21MoN8O-. The Bertz CT molecular complexity index is 1070. The number of rotatable bonds is 6. The average Bonchev–Trinajstić information content (AvgIpc) is 3.37. The van der Waals surface area contributed by atoms with Crippen LogP contribution in [-0.4, -0.2) is 34.3 Å². The summed E-state index contributed by atoms with van der Waals surface area (Å²) in [5, 5.41) is 8.89. The quantitative estimate of drug-likeness (QED) is 0.347. The van der Waals surface area contributed by atoms with E-state index < -0.39 is 0 Å². The number of nitrogen functional groups attached to an aromatic ring is 1. The Kier molecular flexibility index (Phi) is 5.93. The monoisotopic (exact) mass is 463 g/mol. The van der Waals surface area contributed by atoms with Gasteiger partial charge in [0.15, 0.2) is 11.5 Å². The molecule has 4 rings (SSSR count). The van der Waals surface area contributed by atoms with Crippen LogP contribution in [-0.2, 0) is 34.0 Å². The van der Waals surface area contributed by atoms with Crippen LogP contribution in [0.3, 0.4) is 0 Å². The molecule has 2 N–H and O–H groups in total. The number of anilines is 1. The van der Waals surface area contributed by atoms with Gasteiger partial charge in [-0.1, -0.05) is 6.42 Å². The van der Waals surface area contributed by atoms with Gasteiger partial charge in [-0.2, -0.15) is 29.9 Å². The molecule has 10 heteroatoms. The van der Waals surface area contributed by atoms with E-state index in [0.29, 0.717) is 29.6 Å². The van der Waals surface area contributed by atoms with Crippen molar-refractivity contribution in [2.24, 2.45) is 0 Å². The Hall–Kier alpha value is -2.54. The number of nitrogens with zero attached hydrogens (tertiary/aromatic N) is 7. The Balaban J connectivity index is 0.00000225. The molecule has 146 valence electrons. The summed E-state index contributed by atoms with van der Waals surface area (Å²) in [6.07, 6.45) is 9.03. The molecule has 0 saturated heterocycles. The maximum atomic E-state index is 6.07. The first-order chi connectivity index (χ1) is 13.0. The molecule has 0 radical (unpaired) electrons. The van der Waals surface area contributed by atoms with E-state index in [1.54, 1.807) is 6.20 Å². The summed E-state index contributed by atoms with van der Waals surface area (Å²) in [6, 6.07) is 0. The van der Waals surface area contributed by atoms with Crippen LogP contribution in [0.5, 0.6) is 0 Å². The molecule has 0 fully saturated rings. The number of fused-ring (bicyclic) bond motifs is 1. The topological polar surface area (TPSA) is 113 Å². The molecule has 28 heavy (non-hydrogen) atoms. The van der Waals surface area contributed by atoms with Crippen LogP contribution in [0, 0.1) is 12.8 Å². The van der Waals surface area contributed by atoms with Crippen molar-refractivity contribution in [3.05, 3.63) is 47.7 Å². The fourth-order valence-corrected chi connectivity index (χ4v) is 2.89. The molecule has 0 atom stereocenters. The van der Waals surface area contributed by atoms with Gasteiger partial charge in [0.05, 0.1) is 12.4 Å². The predicted molar refractivity (Wildman–Crippen MR) is 99.7 cm³/mol. The van der Waals surface area contributed by atoms with Gasteiger partial charge in [0, 0.05) is 32.8 Å². The third kappa shape index (κ3) is 3.99. The van der Waals surface area contributed by atoms with Crippen molar-refractivity contribution in [2.75, 3.05) is 5.73 Å². The summed E-state index contributed by atoms with van der Waals surface area (Å²) < 4.78 is 8.72. The number of aromatic nitrogens is 7. The van der Waals surface area contributed by atoms with Crippen LogP contribution < -0.4 is 5.73 Å². The minimum atomic E-state index is 0. The Labute approximate surface area is 176 Å². The van der Waals surface area contributed by atoms with Crippen molar-refractivity contribution < 1.29 is 25.5 Å². The largest absolute Gasteiger partial charge is 0.443 e. The van der Waals surface area contributed by atoms with Gasteiger partial charge in [-0.05, 0) is 12.5 Å². The molecule has 0 aliphatic carbocycles. The molecule has 0 bridgehead atoms. The van der Waals surface area contributed by atoms with E-state index in [0.717, 1.165) is 18.4 Å². The smallest absolute Gasteiger partial charge is 0.245 e. The van der Waals surface area contributed by atoms with E-state index in [9.17, 15) is 0 Å². The molecule has 9 nitrogen and oxygen atoms in total. The molecule has 0 saturated carbocycles. The minimum absolute atomic E-state index is 0. The molecule has 0 aromatic carbocycles. The number of nitrogens with two attached hydrogens (primary N) is 1. The van der Waals surface area contributed by atoms with E-state index in [1.165, 1.54) is 22.3 Å². The third-order valence-corrected chi connectivity index (χ3v) is 4.32. The normalized spacial score (nSPS) is 11.3. The van der Waals surface area contributed by atoms with Gasteiger partial charge in [-0.25, -0.2) is 15.0 Å². The standard InChI is InChI=1S/C18H21N8O.Mo/c1-11(2)4-5-13-8-21-25(9-13)10-14-22-16-12(3)15(17-20-6-7-27-17)23-18(19)26(16)24-14;/h6-9H,4-5,10H2,1-3H3,(H2,19,23);/q-1;. The van der Waals surface area contributed by atoms with E-state index in [-0.39, 0.29) is 27.0 Å². The number of hydrogen-bond acceptors (Lipinski definition) is 7. The molecule has 0 amide bonds. The van der Waals surface area contributed by atoms with E-state index in [4.69, 9.17) is 10.2 Å². The first-order valence-corrected chi connectivity index (χ1v) is 8.73. The first kappa shape index (κ1) is 20.2. The Morgan fingerprint density at radius 1 is 1.25 bits per heavy atom. The molecule has 4 aromatic heterocycles. The molecule has 0 unspecified atom stereocenters. The van der Waals surface area contributed by atoms with Gasteiger partial charge in [-0.3, -0.25) is 4.68 Å². The summed E-state index contributed by atoms with van der Waals surface area (Å²) in [7, 11) is 0. The maximum Gasteiger partial charge on any atom is 0.245 e. The fourth-order valence-electron chi connectivity index (χ4n) is 2.89. The predicted octanol–water partition coefficient (Wildman–Crippen LogP) is 2.46. The van der Waals surface area contributed by atoms with Crippen molar-refractivity contribution in [3.63, 3.8) is 0 Å². The van der Waals surface area contributed by atoms with E-state index in [1.807, 2.05) is 24.0 Å². The summed E-state index contributed by atoms with van der Waals surface area (Å²) >= 11 is 0. The molecule has 0 aliphatic heterocycles. The Morgan fingerprint density at radius 3 is 2.79 bits per heavy atom. The van der Waals surface area contributed by atoms with Gasteiger partial charge in [-0.15, -0.1) is 5.10 Å². The zero-order valence-electron chi connectivity index (χ0n) is 16.0. The molecular weight excluding hydrogens is 440 g/mol. The minimum Gasteiger partial charge on any atom is -0.443 e. The van der Waals surface area contributed by atoms with Gasteiger partial charge in [0.1, 0.15) is 18.5 Å². The van der Waals surface area contributed by atoms with Crippen molar-refractivity contribution in [3.8, 4) is 11.6 Å². The zero-order valence-corrected chi connectivity index (χ0v) is 18.0. The van der Waals surface area contributed by atoms with Gasteiger partial charge in [0.2, 0.25) is 11.8 Å². The van der Waals surface area contributed by atoms with Crippen molar-refractivity contribution in [2.45, 2.75) is 40.2 Å². The summed E-state index contributed by atoms with van der Waals surface area (Å²) in [5.41, 5.74) is 9.27. The second-order valence-corrected chi connectivity index (χ2v) is 6.80. The fraction of sp³-hybridized carbons (Fsp3) is 0.333. The van der Waals surface area contributed by atoms with Gasteiger partial charge < -0.3 is 16.1 Å². The van der Waals surface area contributed by atoms with Crippen molar-refractivity contribution >= 4 is 11.6 Å². The number of oxazole rings is 1. The number of hydrogen-bond donors (Lipinski definition) is 1. The molecule has 0 aliphatic rings. The Morgan fingerprint density at radius 2 is 2.07 bits per heavy atom. The summed E-state index contributed by atoms with van der Waals surface area (Å²) in [6.45, 7) is 6.63. The summed E-state index contributed by atoms with van der Waals surface area (Å²) in [5.74, 6) is 2.66. The van der Waals surface area contributed by atoms with Crippen LogP contribution in [0.1, 0.15) is 37.2 Å². The summed E-state index contributed by atoms with van der Waals surface area (Å²) in [4.78, 5) is 13.1. The van der Waals surface area contributed by atoms with E-state index >= 15 is 0 Å². The average molecular weight is 461 g/mol. The van der Waals surface area contributed by atoms with Crippen molar-refractivity contribution in [1.29, 1.82) is 0 Å². The molecule has 0 spiro atoms. The zero-order chi connectivity index (χ0) is 19.0. The van der Waals surface area contributed by atoms with Crippen LogP contribution in [0.4, 0.5) is 5.95 Å². The number of aryl methyl sites for hydroxylation is 2. The molecule has 4 heterocycles.